The van der Waals surface area contributed by atoms with Crippen molar-refractivity contribution in [1.29, 1.82) is 0 Å². The van der Waals surface area contributed by atoms with E-state index in [1.165, 1.54) is 7.11 Å². The SMILES string of the molecule is COCOC1CCCCC1C(=O)OC. The van der Waals surface area contributed by atoms with E-state index in [2.05, 4.69) is 0 Å². The second kappa shape index (κ2) is 5.98. The molecule has 2 atom stereocenters. The molecule has 0 aromatic carbocycles. The first-order chi connectivity index (χ1) is 6.79. The van der Waals surface area contributed by atoms with E-state index in [0.717, 1.165) is 25.7 Å². The van der Waals surface area contributed by atoms with Gasteiger partial charge in [-0.1, -0.05) is 12.8 Å². The summed E-state index contributed by atoms with van der Waals surface area (Å²) in [6.07, 6.45) is 3.94. The monoisotopic (exact) mass is 202 g/mol. The van der Waals surface area contributed by atoms with Gasteiger partial charge >= 0.3 is 5.97 Å². The van der Waals surface area contributed by atoms with Crippen LogP contribution >= 0.6 is 0 Å². The molecule has 2 unspecified atom stereocenters. The molecular weight excluding hydrogens is 184 g/mol. The van der Waals surface area contributed by atoms with E-state index >= 15 is 0 Å². The fourth-order valence-electron chi connectivity index (χ4n) is 1.87. The fraction of sp³-hybridized carbons (Fsp3) is 0.900. The van der Waals surface area contributed by atoms with Crippen LogP contribution in [0.4, 0.5) is 0 Å². The lowest BCUT2D eigenvalue weighted by molar-refractivity contribution is -0.159. The molecule has 1 aliphatic rings. The molecule has 1 rings (SSSR count). The quantitative estimate of drug-likeness (QED) is 0.509. The molecule has 0 aromatic heterocycles. The average molecular weight is 202 g/mol. The van der Waals surface area contributed by atoms with Gasteiger partial charge in [-0.2, -0.15) is 0 Å². The van der Waals surface area contributed by atoms with Crippen molar-refractivity contribution in [2.75, 3.05) is 21.0 Å². The molecule has 0 heterocycles. The number of esters is 1. The molecule has 0 amide bonds. The van der Waals surface area contributed by atoms with Crippen molar-refractivity contribution < 1.29 is 19.0 Å². The molecule has 0 aromatic rings. The number of carbonyl (C=O) groups excluding carboxylic acids is 1. The smallest absolute Gasteiger partial charge is 0.311 e. The Morgan fingerprint density at radius 3 is 2.64 bits per heavy atom. The summed E-state index contributed by atoms with van der Waals surface area (Å²) in [6.45, 7) is 0.248. The van der Waals surface area contributed by atoms with Gasteiger partial charge in [-0.3, -0.25) is 4.79 Å². The molecule has 4 nitrogen and oxygen atoms in total. The van der Waals surface area contributed by atoms with Gasteiger partial charge in [0, 0.05) is 7.11 Å². The van der Waals surface area contributed by atoms with E-state index in [1.54, 1.807) is 7.11 Å². The summed E-state index contributed by atoms with van der Waals surface area (Å²) in [5, 5.41) is 0. The highest BCUT2D eigenvalue weighted by Crippen LogP contribution is 2.27. The van der Waals surface area contributed by atoms with Crippen LogP contribution in [0.5, 0.6) is 0 Å². The summed E-state index contributed by atoms with van der Waals surface area (Å²) in [5.74, 6) is -0.269. The maximum absolute atomic E-state index is 11.4. The first-order valence-corrected chi connectivity index (χ1v) is 4.98. The van der Waals surface area contributed by atoms with Crippen LogP contribution in [0, 0.1) is 5.92 Å². The first kappa shape index (κ1) is 11.5. The zero-order valence-electron chi connectivity index (χ0n) is 8.82. The number of hydrogen-bond acceptors (Lipinski definition) is 4. The third kappa shape index (κ3) is 2.96. The highest BCUT2D eigenvalue weighted by atomic mass is 16.7. The number of hydrogen-bond donors (Lipinski definition) is 0. The van der Waals surface area contributed by atoms with Gasteiger partial charge in [0.2, 0.25) is 0 Å². The number of rotatable bonds is 4. The van der Waals surface area contributed by atoms with Gasteiger partial charge in [-0.15, -0.1) is 0 Å². The van der Waals surface area contributed by atoms with E-state index in [1.807, 2.05) is 0 Å². The highest BCUT2D eigenvalue weighted by molar-refractivity contribution is 5.73. The molecule has 0 saturated heterocycles. The minimum Gasteiger partial charge on any atom is -0.469 e. The molecule has 0 radical (unpaired) electrons. The zero-order valence-corrected chi connectivity index (χ0v) is 8.82. The standard InChI is InChI=1S/C10H18O4/c1-12-7-14-9-6-4-3-5-8(9)10(11)13-2/h8-9H,3-7H2,1-2H3. The van der Waals surface area contributed by atoms with Crippen molar-refractivity contribution in [3.63, 3.8) is 0 Å². The van der Waals surface area contributed by atoms with E-state index in [9.17, 15) is 4.79 Å². The first-order valence-electron chi connectivity index (χ1n) is 4.98. The van der Waals surface area contributed by atoms with Crippen molar-refractivity contribution in [1.82, 2.24) is 0 Å². The van der Waals surface area contributed by atoms with Crippen molar-refractivity contribution in [3.8, 4) is 0 Å². The number of carbonyl (C=O) groups is 1. The molecule has 14 heavy (non-hydrogen) atoms. The topological polar surface area (TPSA) is 44.8 Å². The van der Waals surface area contributed by atoms with E-state index in [-0.39, 0.29) is 24.8 Å². The lowest BCUT2D eigenvalue weighted by atomic mass is 9.86. The van der Waals surface area contributed by atoms with Crippen molar-refractivity contribution in [2.45, 2.75) is 31.8 Å². The minimum absolute atomic E-state index is 0.0313. The molecule has 4 heteroatoms. The Bertz CT molecular complexity index is 181. The number of methoxy groups -OCH3 is 2. The molecule has 1 aliphatic carbocycles. The van der Waals surface area contributed by atoms with Crippen LogP contribution in [0.1, 0.15) is 25.7 Å². The van der Waals surface area contributed by atoms with Crippen molar-refractivity contribution in [3.05, 3.63) is 0 Å². The lowest BCUT2D eigenvalue weighted by Crippen LogP contribution is -2.34. The van der Waals surface area contributed by atoms with Gasteiger partial charge in [0.1, 0.15) is 6.79 Å². The highest BCUT2D eigenvalue weighted by Gasteiger charge is 2.32. The summed E-state index contributed by atoms with van der Waals surface area (Å²) in [4.78, 5) is 11.4. The van der Waals surface area contributed by atoms with Gasteiger partial charge < -0.3 is 14.2 Å². The Labute approximate surface area is 84.5 Å². The van der Waals surface area contributed by atoms with Crippen molar-refractivity contribution >= 4 is 5.97 Å². The summed E-state index contributed by atoms with van der Waals surface area (Å²) in [7, 11) is 3.00. The van der Waals surface area contributed by atoms with Crippen LogP contribution in [0.25, 0.3) is 0 Å². The third-order valence-electron chi connectivity index (χ3n) is 2.61. The summed E-state index contributed by atoms with van der Waals surface area (Å²) in [6, 6.07) is 0. The van der Waals surface area contributed by atoms with E-state index in [0.29, 0.717) is 0 Å². The van der Waals surface area contributed by atoms with Crippen LogP contribution in [-0.2, 0) is 19.0 Å². The summed E-state index contributed by atoms with van der Waals surface area (Å²) < 4.78 is 15.0. The van der Waals surface area contributed by atoms with Crippen LogP contribution in [-0.4, -0.2) is 33.1 Å². The Morgan fingerprint density at radius 2 is 2.00 bits per heavy atom. The van der Waals surface area contributed by atoms with Crippen LogP contribution in [0.15, 0.2) is 0 Å². The maximum Gasteiger partial charge on any atom is 0.311 e. The van der Waals surface area contributed by atoms with E-state index < -0.39 is 0 Å². The summed E-state index contributed by atoms with van der Waals surface area (Å²) in [5.41, 5.74) is 0. The predicted molar refractivity (Wildman–Crippen MR) is 50.7 cm³/mol. The van der Waals surface area contributed by atoms with Gasteiger partial charge in [0.15, 0.2) is 0 Å². The van der Waals surface area contributed by atoms with Gasteiger partial charge in [0.05, 0.1) is 19.1 Å². The van der Waals surface area contributed by atoms with Gasteiger partial charge in [-0.05, 0) is 12.8 Å². The third-order valence-corrected chi connectivity index (χ3v) is 2.61. The lowest BCUT2D eigenvalue weighted by Gasteiger charge is -2.29. The second-order valence-corrected chi connectivity index (χ2v) is 3.53. The molecule has 0 N–H and O–H groups in total. The minimum atomic E-state index is -0.161. The molecule has 1 fully saturated rings. The second-order valence-electron chi connectivity index (χ2n) is 3.53. The number of ether oxygens (including phenoxy) is 3. The molecule has 0 aliphatic heterocycles. The van der Waals surface area contributed by atoms with Gasteiger partial charge in [0.25, 0.3) is 0 Å². The Morgan fingerprint density at radius 1 is 1.29 bits per heavy atom. The molecule has 1 saturated carbocycles. The van der Waals surface area contributed by atoms with Gasteiger partial charge in [-0.25, -0.2) is 0 Å². The maximum atomic E-state index is 11.4. The molecule has 82 valence electrons. The van der Waals surface area contributed by atoms with Crippen LogP contribution < -0.4 is 0 Å². The Hall–Kier alpha value is -0.610. The predicted octanol–water partition coefficient (Wildman–Crippen LogP) is 1.34. The Kier molecular flexibility index (Phi) is 4.90. The molecular formula is C10H18O4. The summed E-state index contributed by atoms with van der Waals surface area (Å²) >= 11 is 0. The normalized spacial score (nSPS) is 27.3. The van der Waals surface area contributed by atoms with Crippen LogP contribution in [0.3, 0.4) is 0 Å². The molecule has 0 spiro atoms. The van der Waals surface area contributed by atoms with Crippen LogP contribution in [0.2, 0.25) is 0 Å². The average Bonchev–Trinajstić information content (AvgIpc) is 2.25. The van der Waals surface area contributed by atoms with Crippen molar-refractivity contribution in [2.24, 2.45) is 5.92 Å². The molecule has 0 bridgehead atoms. The fourth-order valence-corrected chi connectivity index (χ4v) is 1.87. The zero-order chi connectivity index (χ0) is 10.4. The largest absolute Gasteiger partial charge is 0.469 e. The van der Waals surface area contributed by atoms with E-state index in [4.69, 9.17) is 14.2 Å². The Balaban J connectivity index is 2.45.